The molecule has 0 saturated carbocycles. The van der Waals surface area contributed by atoms with Gasteiger partial charge in [-0.25, -0.2) is 15.0 Å². The fraction of sp³-hybridized carbons (Fsp3) is 0.412. The maximum absolute atomic E-state index is 4.65. The van der Waals surface area contributed by atoms with Gasteiger partial charge >= 0.3 is 0 Å². The van der Waals surface area contributed by atoms with Gasteiger partial charge in [0, 0.05) is 37.7 Å². The van der Waals surface area contributed by atoms with Crippen molar-refractivity contribution in [3.05, 3.63) is 42.6 Å². The third-order valence-corrected chi connectivity index (χ3v) is 4.52. The average Bonchev–Trinajstić information content (AvgIpc) is 3.08. The lowest BCUT2D eigenvalue weighted by atomic mass is 9.97. The smallest absolute Gasteiger partial charge is 0.158 e. The zero-order chi connectivity index (χ0) is 15.6. The molecular formula is C17H20N6. The molecule has 23 heavy (non-hydrogen) atoms. The van der Waals surface area contributed by atoms with Crippen LogP contribution >= 0.6 is 0 Å². The van der Waals surface area contributed by atoms with Crippen LogP contribution in [-0.2, 0) is 6.54 Å². The molecule has 6 heteroatoms. The number of piperidine rings is 1. The van der Waals surface area contributed by atoms with Crippen LogP contribution in [0.5, 0.6) is 0 Å². The van der Waals surface area contributed by atoms with E-state index in [2.05, 4.69) is 25.0 Å². The second kappa shape index (κ2) is 5.95. The Morgan fingerprint density at radius 3 is 2.83 bits per heavy atom. The van der Waals surface area contributed by atoms with E-state index in [1.165, 1.54) is 0 Å². The molecule has 6 nitrogen and oxygen atoms in total. The highest BCUT2D eigenvalue weighted by Gasteiger charge is 2.22. The summed E-state index contributed by atoms with van der Waals surface area (Å²) in [5.74, 6) is 1.64. The van der Waals surface area contributed by atoms with Gasteiger partial charge in [0.25, 0.3) is 0 Å². The molecule has 4 heterocycles. The van der Waals surface area contributed by atoms with Crippen LogP contribution in [-0.4, -0.2) is 37.8 Å². The number of pyridine rings is 1. The molecule has 4 rings (SSSR count). The quantitative estimate of drug-likeness (QED) is 0.744. The third-order valence-electron chi connectivity index (χ3n) is 4.52. The van der Waals surface area contributed by atoms with Gasteiger partial charge in [0.1, 0.15) is 11.8 Å². The first-order chi connectivity index (χ1) is 11.3. The normalized spacial score (nSPS) is 16.1. The van der Waals surface area contributed by atoms with Crippen LogP contribution in [0.3, 0.4) is 0 Å². The van der Waals surface area contributed by atoms with E-state index >= 15 is 0 Å². The monoisotopic (exact) mass is 308 g/mol. The Morgan fingerprint density at radius 2 is 2.04 bits per heavy atom. The van der Waals surface area contributed by atoms with Gasteiger partial charge in [-0.2, -0.15) is 5.10 Å². The van der Waals surface area contributed by atoms with Crippen molar-refractivity contribution in [1.29, 1.82) is 0 Å². The Kier molecular flexibility index (Phi) is 3.65. The summed E-state index contributed by atoms with van der Waals surface area (Å²) in [6.07, 6.45) is 7.83. The van der Waals surface area contributed by atoms with E-state index in [4.69, 9.17) is 0 Å². The maximum atomic E-state index is 4.65. The Hall–Kier alpha value is -2.50. The zero-order valence-corrected chi connectivity index (χ0v) is 13.3. The fourth-order valence-electron chi connectivity index (χ4n) is 3.26. The zero-order valence-electron chi connectivity index (χ0n) is 13.3. The molecule has 118 valence electrons. The molecule has 0 radical (unpaired) electrons. The number of rotatable bonds is 3. The number of nitrogens with zero attached hydrogens (tertiary/aromatic N) is 6. The fourth-order valence-corrected chi connectivity index (χ4v) is 3.26. The standard InChI is InChI=1S/C17H20N6/c1-13-3-4-15-16(21-13)17(19-12-18-15)22-9-5-14(6-10-22)11-23-8-2-7-20-23/h2-4,7-8,12,14H,5-6,9-11H2,1H3. The summed E-state index contributed by atoms with van der Waals surface area (Å²) in [5.41, 5.74) is 2.83. The van der Waals surface area contributed by atoms with Crippen molar-refractivity contribution < 1.29 is 0 Å². The van der Waals surface area contributed by atoms with Gasteiger partial charge in [-0.05, 0) is 43.9 Å². The number of hydrogen-bond acceptors (Lipinski definition) is 5. The Bertz CT molecular complexity index is 790. The maximum Gasteiger partial charge on any atom is 0.158 e. The second-order valence-electron chi connectivity index (χ2n) is 6.18. The number of fused-ring (bicyclic) bond motifs is 1. The van der Waals surface area contributed by atoms with E-state index in [0.29, 0.717) is 5.92 Å². The molecule has 0 unspecified atom stereocenters. The van der Waals surface area contributed by atoms with Crippen LogP contribution in [0.2, 0.25) is 0 Å². The Balaban J connectivity index is 1.51. The number of hydrogen-bond donors (Lipinski definition) is 0. The van der Waals surface area contributed by atoms with Gasteiger partial charge in [-0.3, -0.25) is 4.68 Å². The topological polar surface area (TPSA) is 59.7 Å². The van der Waals surface area contributed by atoms with Crippen molar-refractivity contribution in [2.75, 3.05) is 18.0 Å². The number of aromatic nitrogens is 5. The molecule has 1 fully saturated rings. The number of anilines is 1. The van der Waals surface area contributed by atoms with Crippen molar-refractivity contribution in [2.45, 2.75) is 26.3 Å². The summed E-state index contributed by atoms with van der Waals surface area (Å²) < 4.78 is 2.03. The first-order valence-corrected chi connectivity index (χ1v) is 8.10. The summed E-state index contributed by atoms with van der Waals surface area (Å²) in [7, 11) is 0. The Labute approximate surface area is 135 Å². The van der Waals surface area contributed by atoms with E-state index in [-0.39, 0.29) is 0 Å². The third kappa shape index (κ3) is 2.88. The molecular weight excluding hydrogens is 288 g/mol. The molecule has 1 saturated heterocycles. The lowest BCUT2D eigenvalue weighted by molar-refractivity contribution is 0.342. The minimum Gasteiger partial charge on any atom is -0.355 e. The minimum absolute atomic E-state index is 0.675. The van der Waals surface area contributed by atoms with Gasteiger partial charge in [0.15, 0.2) is 5.82 Å². The van der Waals surface area contributed by atoms with E-state index < -0.39 is 0 Å². The van der Waals surface area contributed by atoms with Gasteiger partial charge in [0.05, 0.1) is 5.52 Å². The van der Waals surface area contributed by atoms with E-state index in [1.807, 2.05) is 42.2 Å². The molecule has 0 atom stereocenters. The molecule has 0 amide bonds. The van der Waals surface area contributed by atoms with Gasteiger partial charge in [-0.15, -0.1) is 0 Å². The summed E-state index contributed by atoms with van der Waals surface area (Å²) in [6, 6.07) is 6.00. The predicted octanol–water partition coefficient (Wildman–Crippen LogP) is 2.45. The van der Waals surface area contributed by atoms with Crippen LogP contribution in [0, 0.1) is 12.8 Å². The molecule has 0 aromatic carbocycles. The molecule has 3 aromatic rings. The van der Waals surface area contributed by atoms with Crippen molar-refractivity contribution in [1.82, 2.24) is 24.7 Å². The SMILES string of the molecule is Cc1ccc2ncnc(N3CCC(Cn4cccn4)CC3)c2n1. The lowest BCUT2D eigenvalue weighted by Gasteiger charge is -2.33. The molecule has 0 bridgehead atoms. The highest BCUT2D eigenvalue weighted by molar-refractivity contribution is 5.85. The Morgan fingerprint density at radius 1 is 1.17 bits per heavy atom. The first-order valence-electron chi connectivity index (χ1n) is 8.10. The van der Waals surface area contributed by atoms with Crippen LogP contribution in [0.25, 0.3) is 11.0 Å². The van der Waals surface area contributed by atoms with Gasteiger partial charge in [-0.1, -0.05) is 0 Å². The van der Waals surface area contributed by atoms with E-state index in [1.54, 1.807) is 6.33 Å². The van der Waals surface area contributed by atoms with Gasteiger partial charge < -0.3 is 4.90 Å². The number of aryl methyl sites for hydroxylation is 1. The second-order valence-corrected chi connectivity index (χ2v) is 6.18. The molecule has 3 aromatic heterocycles. The molecule has 1 aliphatic heterocycles. The largest absolute Gasteiger partial charge is 0.355 e. The molecule has 0 N–H and O–H groups in total. The lowest BCUT2D eigenvalue weighted by Crippen LogP contribution is -2.35. The van der Waals surface area contributed by atoms with Crippen molar-refractivity contribution in [2.24, 2.45) is 5.92 Å². The summed E-state index contributed by atoms with van der Waals surface area (Å²) in [6.45, 7) is 5.02. The van der Waals surface area contributed by atoms with Crippen LogP contribution in [0.1, 0.15) is 18.5 Å². The summed E-state index contributed by atoms with van der Waals surface area (Å²) >= 11 is 0. The van der Waals surface area contributed by atoms with Crippen LogP contribution < -0.4 is 4.90 Å². The highest BCUT2D eigenvalue weighted by atomic mass is 15.3. The van der Waals surface area contributed by atoms with Crippen LogP contribution in [0.15, 0.2) is 36.9 Å². The average molecular weight is 308 g/mol. The van der Waals surface area contributed by atoms with Crippen LogP contribution in [0.4, 0.5) is 5.82 Å². The predicted molar refractivity (Wildman–Crippen MR) is 89.2 cm³/mol. The van der Waals surface area contributed by atoms with Gasteiger partial charge in [0.2, 0.25) is 0 Å². The van der Waals surface area contributed by atoms with Crippen molar-refractivity contribution in [3.8, 4) is 0 Å². The van der Waals surface area contributed by atoms with E-state index in [9.17, 15) is 0 Å². The summed E-state index contributed by atoms with van der Waals surface area (Å²) in [5, 5.41) is 4.31. The first kappa shape index (κ1) is 14.1. The van der Waals surface area contributed by atoms with E-state index in [0.717, 1.165) is 55.0 Å². The molecule has 0 aliphatic carbocycles. The molecule has 0 spiro atoms. The highest BCUT2D eigenvalue weighted by Crippen LogP contribution is 2.27. The van der Waals surface area contributed by atoms with Crippen molar-refractivity contribution in [3.63, 3.8) is 0 Å². The minimum atomic E-state index is 0.675. The molecule has 1 aliphatic rings. The van der Waals surface area contributed by atoms with Crippen molar-refractivity contribution >= 4 is 16.9 Å². The summed E-state index contributed by atoms with van der Waals surface area (Å²) in [4.78, 5) is 15.8.